The fraction of sp³-hybridized carbons (Fsp3) is 0.273. The van der Waals surface area contributed by atoms with Gasteiger partial charge in [0.25, 0.3) is 0 Å². The van der Waals surface area contributed by atoms with Crippen molar-refractivity contribution in [1.29, 1.82) is 0 Å². The third kappa shape index (κ3) is 1.86. The van der Waals surface area contributed by atoms with E-state index in [1.807, 2.05) is 25.2 Å². The highest BCUT2D eigenvalue weighted by Gasteiger charge is 2.12. The first-order valence-corrected chi connectivity index (χ1v) is 5.20. The Morgan fingerprint density at radius 3 is 3.07 bits per heavy atom. The van der Waals surface area contributed by atoms with E-state index >= 15 is 0 Å². The minimum absolute atomic E-state index is 0.520. The minimum Gasteiger partial charge on any atom is -0.387 e. The molecule has 1 aromatic carbocycles. The number of nitrogens with one attached hydrogen (secondary N) is 2. The Hall–Kier alpha value is -1.03. The molecule has 1 aromatic heterocycles. The molecule has 3 N–H and O–H groups in total. The predicted molar refractivity (Wildman–Crippen MR) is 62.2 cm³/mol. The number of para-hydroxylation sites is 1. The maximum absolute atomic E-state index is 9.90. The highest BCUT2D eigenvalue weighted by Crippen LogP contribution is 2.28. The molecule has 0 aliphatic heterocycles. The maximum atomic E-state index is 9.90. The van der Waals surface area contributed by atoms with Gasteiger partial charge in [-0.05, 0) is 7.05 Å². The van der Waals surface area contributed by atoms with E-state index in [1.54, 1.807) is 6.20 Å². The molecule has 4 heteroatoms. The van der Waals surface area contributed by atoms with Crippen LogP contribution in [0.25, 0.3) is 10.9 Å². The van der Waals surface area contributed by atoms with Gasteiger partial charge in [0, 0.05) is 23.7 Å². The number of benzene rings is 1. The van der Waals surface area contributed by atoms with Crippen LogP contribution in [0.5, 0.6) is 0 Å². The molecule has 0 aliphatic rings. The second kappa shape index (κ2) is 4.23. The maximum Gasteiger partial charge on any atom is 0.0934 e. The largest absolute Gasteiger partial charge is 0.387 e. The summed E-state index contributed by atoms with van der Waals surface area (Å²) in [6.07, 6.45) is 1.22. The van der Waals surface area contributed by atoms with E-state index in [0.29, 0.717) is 11.6 Å². The van der Waals surface area contributed by atoms with Crippen molar-refractivity contribution in [1.82, 2.24) is 10.3 Å². The molecule has 0 radical (unpaired) electrons. The molecule has 0 spiro atoms. The number of aliphatic hydroxyl groups excluding tert-OH is 1. The van der Waals surface area contributed by atoms with Crippen LogP contribution in [0.2, 0.25) is 5.02 Å². The van der Waals surface area contributed by atoms with Crippen molar-refractivity contribution in [3.8, 4) is 0 Å². The van der Waals surface area contributed by atoms with Crippen LogP contribution in [0.4, 0.5) is 0 Å². The molecule has 0 saturated heterocycles. The van der Waals surface area contributed by atoms with Gasteiger partial charge in [-0.2, -0.15) is 0 Å². The number of aromatic nitrogens is 1. The molecule has 0 bridgehead atoms. The summed E-state index contributed by atoms with van der Waals surface area (Å²) >= 11 is 6.00. The molecule has 2 aromatic rings. The van der Waals surface area contributed by atoms with E-state index in [0.717, 1.165) is 16.5 Å². The van der Waals surface area contributed by atoms with E-state index in [2.05, 4.69) is 10.3 Å². The van der Waals surface area contributed by atoms with Gasteiger partial charge in [-0.25, -0.2) is 0 Å². The van der Waals surface area contributed by atoms with Gasteiger partial charge in [0.1, 0.15) is 0 Å². The fourth-order valence-electron chi connectivity index (χ4n) is 1.72. The number of aromatic amines is 1. The van der Waals surface area contributed by atoms with Crippen molar-refractivity contribution < 1.29 is 5.11 Å². The molecule has 1 heterocycles. The van der Waals surface area contributed by atoms with Gasteiger partial charge in [-0.3, -0.25) is 0 Å². The van der Waals surface area contributed by atoms with Crippen LogP contribution < -0.4 is 5.32 Å². The van der Waals surface area contributed by atoms with Crippen molar-refractivity contribution in [2.45, 2.75) is 6.10 Å². The lowest BCUT2D eigenvalue weighted by Gasteiger charge is -2.11. The lowest BCUT2D eigenvalue weighted by atomic mass is 10.1. The molecule has 80 valence electrons. The number of fused-ring (bicyclic) bond motifs is 1. The van der Waals surface area contributed by atoms with Crippen LogP contribution in [-0.4, -0.2) is 23.7 Å². The number of aliphatic hydroxyl groups is 1. The SMILES string of the molecule is CNCC(O)c1cccc2c(Cl)c[nH]c12. The zero-order valence-electron chi connectivity index (χ0n) is 8.42. The Balaban J connectivity index is 2.51. The molecule has 1 unspecified atom stereocenters. The Morgan fingerprint density at radius 1 is 1.53 bits per heavy atom. The fourth-order valence-corrected chi connectivity index (χ4v) is 1.94. The quantitative estimate of drug-likeness (QED) is 0.748. The lowest BCUT2D eigenvalue weighted by molar-refractivity contribution is 0.179. The van der Waals surface area contributed by atoms with Crippen LogP contribution in [0.15, 0.2) is 24.4 Å². The summed E-state index contributed by atoms with van der Waals surface area (Å²) in [6.45, 7) is 0.524. The van der Waals surface area contributed by atoms with Crippen molar-refractivity contribution in [3.05, 3.63) is 35.0 Å². The number of halogens is 1. The Morgan fingerprint density at radius 2 is 2.33 bits per heavy atom. The number of rotatable bonds is 3. The van der Waals surface area contributed by atoms with E-state index in [9.17, 15) is 5.11 Å². The zero-order chi connectivity index (χ0) is 10.8. The zero-order valence-corrected chi connectivity index (χ0v) is 9.17. The van der Waals surface area contributed by atoms with Gasteiger partial charge in [-0.1, -0.05) is 29.8 Å². The second-order valence-corrected chi connectivity index (χ2v) is 3.89. The van der Waals surface area contributed by atoms with Gasteiger partial charge >= 0.3 is 0 Å². The molecule has 0 amide bonds. The summed E-state index contributed by atoms with van der Waals surface area (Å²) in [5, 5.41) is 14.5. The van der Waals surface area contributed by atoms with Crippen molar-refractivity contribution in [2.24, 2.45) is 0 Å². The number of hydrogen-bond donors (Lipinski definition) is 3. The van der Waals surface area contributed by atoms with Crippen LogP contribution in [-0.2, 0) is 0 Å². The summed E-state index contributed by atoms with van der Waals surface area (Å²) in [5.74, 6) is 0. The van der Waals surface area contributed by atoms with Crippen LogP contribution in [0.1, 0.15) is 11.7 Å². The molecule has 0 saturated carbocycles. The first-order valence-electron chi connectivity index (χ1n) is 4.82. The van der Waals surface area contributed by atoms with Crippen LogP contribution >= 0.6 is 11.6 Å². The van der Waals surface area contributed by atoms with E-state index < -0.39 is 6.10 Å². The molecule has 2 rings (SSSR count). The smallest absolute Gasteiger partial charge is 0.0934 e. The van der Waals surface area contributed by atoms with Crippen molar-refractivity contribution in [2.75, 3.05) is 13.6 Å². The minimum atomic E-state index is -0.520. The Labute approximate surface area is 93.1 Å². The average Bonchev–Trinajstić information content (AvgIpc) is 2.61. The third-order valence-electron chi connectivity index (χ3n) is 2.45. The number of H-pyrrole nitrogens is 1. The normalized spacial score (nSPS) is 13.3. The lowest BCUT2D eigenvalue weighted by Crippen LogP contribution is -2.16. The standard InChI is InChI=1S/C11H13ClN2O/c1-13-6-10(15)8-4-2-3-7-9(12)5-14-11(7)8/h2-5,10,13-15H,6H2,1H3. The molecular weight excluding hydrogens is 212 g/mol. The number of likely N-dealkylation sites (N-methyl/N-ethyl adjacent to an activating group) is 1. The van der Waals surface area contributed by atoms with Gasteiger partial charge in [0.15, 0.2) is 0 Å². The molecule has 0 fully saturated rings. The highest BCUT2D eigenvalue weighted by atomic mass is 35.5. The van der Waals surface area contributed by atoms with Crippen molar-refractivity contribution in [3.63, 3.8) is 0 Å². The Kier molecular flexibility index (Phi) is 2.95. The average molecular weight is 225 g/mol. The van der Waals surface area contributed by atoms with Crippen LogP contribution in [0, 0.1) is 0 Å². The van der Waals surface area contributed by atoms with Gasteiger partial charge < -0.3 is 15.4 Å². The molecule has 3 nitrogen and oxygen atoms in total. The molecular formula is C11H13ClN2O. The summed E-state index contributed by atoms with van der Waals surface area (Å²) in [7, 11) is 1.81. The van der Waals surface area contributed by atoms with Gasteiger partial charge in [0.2, 0.25) is 0 Å². The van der Waals surface area contributed by atoms with Gasteiger partial charge in [-0.15, -0.1) is 0 Å². The summed E-state index contributed by atoms with van der Waals surface area (Å²) < 4.78 is 0. The monoisotopic (exact) mass is 224 g/mol. The van der Waals surface area contributed by atoms with E-state index in [-0.39, 0.29) is 0 Å². The highest BCUT2D eigenvalue weighted by molar-refractivity contribution is 6.35. The van der Waals surface area contributed by atoms with Crippen molar-refractivity contribution >= 4 is 22.5 Å². The van der Waals surface area contributed by atoms with Gasteiger partial charge in [0.05, 0.1) is 16.6 Å². The second-order valence-electron chi connectivity index (χ2n) is 3.48. The first kappa shape index (κ1) is 10.5. The third-order valence-corrected chi connectivity index (χ3v) is 2.77. The topological polar surface area (TPSA) is 48.0 Å². The van der Waals surface area contributed by atoms with E-state index in [1.165, 1.54) is 0 Å². The predicted octanol–water partition coefficient (Wildman–Crippen LogP) is 2.07. The summed E-state index contributed by atoms with van der Waals surface area (Å²) in [4.78, 5) is 3.08. The van der Waals surface area contributed by atoms with Crippen LogP contribution in [0.3, 0.4) is 0 Å². The Bertz CT molecular complexity index is 467. The first-order chi connectivity index (χ1) is 7.24. The summed E-state index contributed by atoms with van der Waals surface area (Å²) in [6, 6.07) is 5.73. The summed E-state index contributed by atoms with van der Waals surface area (Å²) in [5.41, 5.74) is 1.78. The number of hydrogen-bond acceptors (Lipinski definition) is 2. The molecule has 15 heavy (non-hydrogen) atoms. The molecule has 0 aliphatic carbocycles. The van der Waals surface area contributed by atoms with E-state index in [4.69, 9.17) is 11.6 Å². The molecule has 1 atom stereocenters.